The van der Waals surface area contributed by atoms with Crippen molar-refractivity contribution in [3.05, 3.63) is 29.8 Å². The molecule has 0 spiro atoms. The van der Waals surface area contributed by atoms with Gasteiger partial charge in [0.25, 0.3) is 0 Å². The van der Waals surface area contributed by atoms with Crippen LogP contribution in [0.3, 0.4) is 0 Å². The highest BCUT2D eigenvalue weighted by atomic mass is 79.9. The van der Waals surface area contributed by atoms with E-state index in [0.29, 0.717) is 6.42 Å². The zero-order valence-electron chi connectivity index (χ0n) is 10.3. The van der Waals surface area contributed by atoms with Crippen LogP contribution in [-0.4, -0.2) is 5.91 Å². The predicted molar refractivity (Wildman–Crippen MR) is 76.5 cm³/mol. The Labute approximate surface area is 112 Å². The zero-order valence-corrected chi connectivity index (χ0v) is 11.9. The van der Waals surface area contributed by atoms with Crippen molar-refractivity contribution in [3.63, 3.8) is 0 Å². The van der Waals surface area contributed by atoms with Crippen LogP contribution in [0.1, 0.15) is 44.6 Å². The van der Waals surface area contributed by atoms with Gasteiger partial charge in [-0.3, -0.25) is 4.79 Å². The maximum atomic E-state index is 11.7. The van der Waals surface area contributed by atoms with E-state index in [9.17, 15) is 4.79 Å². The molecular weight excluding hydrogens is 278 g/mol. The predicted octanol–water partition coefficient (Wildman–Crippen LogP) is 4.49. The Hall–Kier alpha value is -0.830. The molecule has 0 fully saturated rings. The Morgan fingerprint density at radius 1 is 1.24 bits per heavy atom. The molecule has 1 aromatic carbocycles. The van der Waals surface area contributed by atoms with Crippen LogP contribution >= 0.6 is 15.9 Å². The SMILES string of the molecule is CCCCCCC(=O)Nc1ccccc1CBr. The first kappa shape index (κ1) is 14.2. The van der Waals surface area contributed by atoms with Gasteiger partial charge in [-0.25, -0.2) is 0 Å². The van der Waals surface area contributed by atoms with E-state index in [1.807, 2.05) is 24.3 Å². The van der Waals surface area contributed by atoms with Gasteiger partial charge in [0.2, 0.25) is 5.91 Å². The Bertz CT molecular complexity index is 352. The van der Waals surface area contributed by atoms with Crippen LogP contribution in [0, 0.1) is 0 Å². The molecule has 0 aromatic heterocycles. The fourth-order valence-corrected chi connectivity index (χ4v) is 2.17. The minimum Gasteiger partial charge on any atom is -0.326 e. The van der Waals surface area contributed by atoms with Crippen LogP contribution < -0.4 is 5.32 Å². The average molecular weight is 298 g/mol. The molecule has 1 rings (SSSR count). The highest BCUT2D eigenvalue weighted by Gasteiger charge is 2.05. The Kier molecular flexibility index (Phi) is 6.94. The highest BCUT2D eigenvalue weighted by molar-refractivity contribution is 9.08. The summed E-state index contributed by atoms with van der Waals surface area (Å²) in [5, 5.41) is 3.73. The van der Waals surface area contributed by atoms with Crippen LogP contribution in [0.5, 0.6) is 0 Å². The summed E-state index contributed by atoms with van der Waals surface area (Å²) in [6.45, 7) is 2.17. The van der Waals surface area contributed by atoms with Crippen molar-refractivity contribution in [1.29, 1.82) is 0 Å². The van der Waals surface area contributed by atoms with Crippen molar-refractivity contribution >= 4 is 27.5 Å². The molecular formula is C14H20BrNO. The number of nitrogens with one attached hydrogen (secondary N) is 1. The van der Waals surface area contributed by atoms with Crippen LogP contribution in [-0.2, 0) is 10.1 Å². The number of hydrogen-bond acceptors (Lipinski definition) is 1. The number of anilines is 1. The van der Waals surface area contributed by atoms with Crippen molar-refractivity contribution in [3.8, 4) is 0 Å². The summed E-state index contributed by atoms with van der Waals surface area (Å²) < 4.78 is 0. The van der Waals surface area contributed by atoms with Gasteiger partial charge in [0.1, 0.15) is 0 Å². The number of hydrogen-bond donors (Lipinski definition) is 1. The van der Waals surface area contributed by atoms with Gasteiger partial charge in [-0.1, -0.05) is 60.3 Å². The third kappa shape index (κ3) is 5.35. The maximum absolute atomic E-state index is 11.7. The summed E-state index contributed by atoms with van der Waals surface area (Å²) >= 11 is 3.42. The second kappa shape index (κ2) is 8.29. The summed E-state index contributed by atoms with van der Waals surface area (Å²) in [4.78, 5) is 11.7. The van der Waals surface area contributed by atoms with Crippen LogP contribution in [0.4, 0.5) is 5.69 Å². The number of unbranched alkanes of at least 4 members (excludes halogenated alkanes) is 3. The van der Waals surface area contributed by atoms with E-state index >= 15 is 0 Å². The second-order valence-electron chi connectivity index (χ2n) is 4.15. The molecule has 0 aliphatic carbocycles. The van der Waals surface area contributed by atoms with E-state index in [-0.39, 0.29) is 5.91 Å². The van der Waals surface area contributed by atoms with E-state index in [4.69, 9.17) is 0 Å². The summed E-state index contributed by atoms with van der Waals surface area (Å²) in [5.41, 5.74) is 2.04. The van der Waals surface area contributed by atoms with Crippen molar-refractivity contribution in [1.82, 2.24) is 0 Å². The molecule has 94 valence electrons. The van der Waals surface area contributed by atoms with Gasteiger partial charge >= 0.3 is 0 Å². The molecule has 0 radical (unpaired) electrons. The molecule has 1 aromatic rings. The van der Waals surface area contributed by atoms with Crippen LogP contribution in [0.25, 0.3) is 0 Å². The van der Waals surface area contributed by atoms with Gasteiger partial charge in [0, 0.05) is 17.4 Å². The minimum absolute atomic E-state index is 0.120. The van der Waals surface area contributed by atoms with E-state index in [1.54, 1.807) is 0 Å². The molecule has 0 saturated carbocycles. The first-order valence-electron chi connectivity index (χ1n) is 6.21. The zero-order chi connectivity index (χ0) is 12.5. The molecule has 1 amide bonds. The number of benzene rings is 1. The third-order valence-corrected chi connectivity index (χ3v) is 3.30. The number of para-hydroxylation sites is 1. The smallest absolute Gasteiger partial charge is 0.224 e. The fraction of sp³-hybridized carbons (Fsp3) is 0.500. The molecule has 0 unspecified atom stereocenters. The lowest BCUT2D eigenvalue weighted by molar-refractivity contribution is -0.116. The lowest BCUT2D eigenvalue weighted by Crippen LogP contribution is -2.12. The number of rotatable bonds is 7. The van der Waals surface area contributed by atoms with E-state index in [0.717, 1.165) is 29.4 Å². The van der Waals surface area contributed by atoms with Gasteiger partial charge in [0.15, 0.2) is 0 Å². The summed E-state index contributed by atoms with van der Waals surface area (Å²) in [6.07, 6.45) is 5.16. The summed E-state index contributed by atoms with van der Waals surface area (Å²) in [5.74, 6) is 0.120. The van der Waals surface area contributed by atoms with Crippen LogP contribution in [0.15, 0.2) is 24.3 Å². The van der Waals surface area contributed by atoms with Gasteiger partial charge < -0.3 is 5.32 Å². The molecule has 0 heterocycles. The average Bonchev–Trinajstić information content (AvgIpc) is 2.35. The molecule has 2 nitrogen and oxygen atoms in total. The number of carbonyl (C=O) groups excluding carboxylic acids is 1. The maximum Gasteiger partial charge on any atom is 0.224 e. The molecule has 1 N–H and O–H groups in total. The van der Waals surface area contributed by atoms with Gasteiger partial charge in [-0.05, 0) is 18.1 Å². The van der Waals surface area contributed by atoms with Crippen molar-refractivity contribution in [2.75, 3.05) is 5.32 Å². The topological polar surface area (TPSA) is 29.1 Å². The molecule has 0 atom stereocenters. The van der Waals surface area contributed by atoms with Gasteiger partial charge in [0.05, 0.1) is 0 Å². The first-order chi connectivity index (χ1) is 8.27. The Morgan fingerprint density at radius 2 is 2.00 bits per heavy atom. The highest BCUT2D eigenvalue weighted by Crippen LogP contribution is 2.18. The van der Waals surface area contributed by atoms with Crippen LogP contribution in [0.2, 0.25) is 0 Å². The largest absolute Gasteiger partial charge is 0.326 e. The Morgan fingerprint density at radius 3 is 2.71 bits per heavy atom. The second-order valence-corrected chi connectivity index (χ2v) is 4.71. The fourth-order valence-electron chi connectivity index (χ4n) is 1.68. The molecule has 3 heteroatoms. The number of halogens is 1. The number of amides is 1. The van der Waals surface area contributed by atoms with Gasteiger partial charge in [-0.15, -0.1) is 0 Å². The quantitative estimate of drug-likeness (QED) is 0.583. The lowest BCUT2D eigenvalue weighted by Gasteiger charge is -2.08. The lowest BCUT2D eigenvalue weighted by atomic mass is 10.1. The van der Waals surface area contributed by atoms with Crippen molar-refractivity contribution in [2.45, 2.75) is 44.4 Å². The monoisotopic (exact) mass is 297 g/mol. The van der Waals surface area contributed by atoms with Crippen molar-refractivity contribution in [2.24, 2.45) is 0 Å². The van der Waals surface area contributed by atoms with E-state index < -0.39 is 0 Å². The Balaban J connectivity index is 2.39. The first-order valence-corrected chi connectivity index (χ1v) is 7.33. The molecule has 0 bridgehead atoms. The standard InChI is InChI=1S/C14H20BrNO/c1-2-3-4-5-10-14(17)16-13-9-7-6-8-12(13)11-15/h6-9H,2-5,10-11H2,1H3,(H,16,17). The van der Waals surface area contributed by atoms with Gasteiger partial charge in [-0.2, -0.15) is 0 Å². The molecule has 0 aliphatic rings. The summed E-state index contributed by atoms with van der Waals surface area (Å²) in [6, 6.07) is 7.88. The molecule has 0 aliphatic heterocycles. The molecule has 17 heavy (non-hydrogen) atoms. The third-order valence-electron chi connectivity index (χ3n) is 2.69. The van der Waals surface area contributed by atoms with Crippen molar-refractivity contribution < 1.29 is 4.79 Å². The summed E-state index contributed by atoms with van der Waals surface area (Å²) in [7, 11) is 0. The normalized spacial score (nSPS) is 10.2. The van der Waals surface area contributed by atoms with E-state index in [2.05, 4.69) is 28.2 Å². The van der Waals surface area contributed by atoms with E-state index in [1.165, 1.54) is 12.8 Å². The number of alkyl halides is 1. The minimum atomic E-state index is 0.120. The molecule has 0 saturated heterocycles. The number of carbonyl (C=O) groups is 1.